The third-order valence-corrected chi connectivity index (χ3v) is 5.94. The highest BCUT2D eigenvalue weighted by molar-refractivity contribution is 7.16. The molecule has 1 atom stereocenters. The Morgan fingerprint density at radius 2 is 2.12 bits per heavy atom. The van der Waals surface area contributed by atoms with Crippen LogP contribution in [0, 0.1) is 0 Å². The number of carbonyl (C=O) groups is 2. The average Bonchev–Trinajstić information content (AvgIpc) is 3.27. The van der Waals surface area contributed by atoms with Crippen molar-refractivity contribution in [2.45, 2.75) is 25.5 Å². The minimum atomic E-state index is -0.714. The van der Waals surface area contributed by atoms with Gasteiger partial charge in [0, 0.05) is 10.4 Å². The van der Waals surface area contributed by atoms with Gasteiger partial charge < -0.3 is 25.3 Å². The topological polar surface area (TPSA) is 99.9 Å². The Morgan fingerprint density at radius 1 is 1.31 bits per heavy atom. The molecular formula is C18H18N2O5S. The van der Waals surface area contributed by atoms with Gasteiger partial charge in [-0.2, -0.15) is 0 Å². The Bertz CT molecular complexity index is 921. The summed E-state index contributed by atoms with van der Waals surface area (Å²) in [5.74, 6) is -0.179. The summed E-state index contributed by atoms with van der Waals surface area (Å²) in [5.41, 5.74) is 8.08. The van der Waals surface area contributed by atoms with E-state index >= 15 is 0 Å². The van der Waals surface area contributed by atoms with Gasteiger partial charge in [0.25, 0.3) is 5.91 Å². The van der Waals surface area contributed by atoms with E-state index in [1.54, 1.807) is 12.1 Å². The number of esters is 1. The zero-order valence-electron chi connectivity index (χ0n) is 14.4. The smallest absolute Gasteiger partial charge is 0.344 e. The van der Waals surface area contributed by atoms with Crippen molar-refractivity contribution < 1.29 is 23.8 Å². The van der Waals surface area contributed by atoms with Gasteiger partial charge in [0.1, 0.15) is 10.6 Å². The summed E-state index contributed by atoms with van der Waals surface area (Å²) >= 11 is 1.50. The molecule has 1 aromatic carbocycles. The molecule has 0 saturated heterocycles. The zero-order chi connectivity index (χ0) is 18.4. The fourth-order valence-corrected chi connectivity index (χ4v) is 4.91. The van der Waals surface area contributed by atoms with Crippen molar-refractivity contribution in [3.8, 4) is 11.5 Å². The maximum atomic E-state index is 12.4. The molecular weight excluding hydrogens is 356 g/mol. The second kappa shape index (κ2) is 6.21. The predicted molar refractivity (Wildman–Crippen MR) is 96.2 cm³/mol. The number of carbonyl (C=O) groups excluding carboxylic acids is 2. The summed E-state index contributed by atoms with van der Waals surface area (Å²) in [6, 6.07) is 3.47. The van der Waals surface area contributed by atoms with Crippen molar-refractivity contribution in [2.24, 2.45) is 5.73 Å². The molecule has 0 fully saturated rings. The van der Waals surface area contributed by atoms with Crippen LogP contribution in [-0.2, 0) is 17.6 Å². The van der Waals surface area contributed by atoms with Crippen molar-refractivity contribution in [2.75, 3.05) is 19.5 Å². The first-order chi connectivity index (χ1) is 12.5. The Kier molecular flexibility index (Phi) is 3.99. The Balaban J connectivity index is 1.73. The number of aryl methyl sites for hydroxylation is 1. The Hall–Kier alpha value is -2.74. The molecule has 2 heterocycles. The maximum Gasteiger partial charge on any atom is 0.344 e. The Labute approximate surface area is 154 Å². The summed E-state index contributed by atoms with van der Waals surface area (Å²) in [4.78, 5) is 25.5. The largest absolute Gasteiger partial charge is 0.493 e. The molecule has 1 aromatic heterocycles. The lowest BCUT2D eigenvalue weighted by molar-refractivity contribution is 0.0435. The number of hydrogen-bond acceptors (Lipinski definition) is 7. The zero-order valence-corrected chi connectivity index (χ0v) is 15.2. The van der Waals surface area contributed by atoms with Gasteiger partial charge >= 0.3 is 5.97 Å². The molecule has 1 aliphatic carbocycles. The van der Waals surface area contributed by atoms with E-state index < -0.39 is 18.1 Å². The number of fused-ring (bicyclic) bond motifs is 2. The number of nitrogens with two attached hydrogens (primary N) is 1. The van der Waals surface area contributed by atoms with Gasteiger partial charge in [0.15, 0.2) is 11.5 Å². The minimum Gasteiger partial charge on any atom is -0.493 e. The van der Waals surface area contributed by atoms with Crippen molar-refractivity contribution in [1.29, 1.82) is 0 Å². The number of ether oxygens (including phenoxy) is 3. The fraction of sp³-hybridized carbons (Fsp3) is 0.333. The van der Waals surface area contributed by atoms with Crippen LogP contribution in [0.3, 0.4) is 0 Å². The fourth-order valence-electron chi connectivity index (χ4n) is 3.59. The van der Waals surface area contributed by atoms with E-state index in [0.717, 1.165) is 29.7 Å². The molecule has 7 nitrogen and oxygen atoms in total. The first kappa shape index (κ1) is 16.7. The average molecular weight is 374 g/mol. The van der Waals surface area contributed by atoms with Gasteiger partial charge in [-0.15, -0.1) is 11.3 Å². The van der Waals surface area contributed by atoms with Crippen LogP contribution < -0.4 is 20.5 Å². The van der Waals surface area contributed by atoms with Gasteiger partial charge in [-0.3, -0.25) is 4.79 Å². The molecule has 0 saturated carbocycles. The number of primary amides is 1. The lowest BCUT2D eigenvalue weighted by Gasteiger charge is -2.15. The van der Waals surface area contributed by atoms with Crippen molar-refractivity contribution in [3.63, 3.8) is 0 Å². The molecule has 0 bridgehead atoms. The number of rotatable bonds is 5. The van der Waals surface area contributed by atoms with Crippen LogP contribution in [0.2, 0.25) is 0 Å². The van der Waals surface area contributed by atoms with Gasteiger partial charge in [-0.1, -0.05) is 0 Å². The Morgan fingerprint density at radius 3 is 2.81 bits per heavy atom. The number of hydrogen-bond donors (Lipinski definition) is 2. The summed E-state index contributed by atoms with van der Waals surface area (Å²) in [6.07, 6.45) is 2.10. The minimum absolute atomic E-state index is 0.328. The summed E-state index contributed by atoms with van der Waals surface area (Å²) < 4.78 is 16.1. The lowest BCUT2D eigenvalue weighted by atomic mass is 10.1. The number of amides is 1. The summed E-state index contributed by atoms with van der Waals surface area (Å²) in [7, 11) is 2.98. The first-order valence-corrected chi connectivity index (χ1v) is 9.03. The molecule has 136 valence electrons. The maximum absolute atomic E-state index is 12.4. The number of nitrogens with one attached hydrogen (secondary N) is 1. The highest BCUT2D eigenvalue weighted by Crippen LogP contribution is 2.45. The molecule has 3 N–H and O–H groups in total. The first-order valence-electron chi connectivity index (χ1n) is 8.21. The van der Waals surface area contributed by atoms with Crippen LogP contribution in [0.25, 0.3) is 0 Å². The van der Waals surface area contributed by atoms with Crippen LogP contribution in [0.5, 0.6) is 11.5 Å². The normalized spacial score (nSPS) is 17.5. The predicted octanol–water partition coefficient (Wildman–Crippen LogP) is 2.63. The highest BCUT2D eigenvalue weighted by Gasteiger charge is 2.37. The number of anilines is 1. The molecule has 8 heteroatoms. The monoisotopic (exact) mass is 374 g/mol. The second-order valence-corrected chi connectivity index (χ2v) is 7.23. The van der Waals surface area contributed by atoms with Crippen molar-refractivity contribution >= 4 is 28.2 Å². The molecule has 2 aliphatic rings. The molecule has 4 rings (SSSR count). The molecule has 0 radical (unpaired) electrons. The van der Waals surface area contributed by atoms with Crippen molar-refractivity contribution in [1.82, 2.24) is 0 Å². The van der Waals surface area contributed by atoms with E-state index in [1.807, 2.05) is 0 Å². The van der Waals surface area contributed by atoms with E-state index in [2.05, 4.69) is 5.32 Å². The van der Waals surface area contributed by atoms with Gasteiger partial charge in [0.2, 0.25) is 6.23 Å². The summed E-state index contributed by atoms with van der Waals surface area (Å²) in [5, 5.41) is 3.82. The quantitative estimate of drug-likeness (QED) is 0.781. The van der Waals surface area contributed by atoms with E-state index in [0.29, 0.717) is 33.2 Å². The number of methoxy groups -OCH3 is 2. The van der Waals surface area contributed by atoms with E-state index in [4.69, 9.17) is 19.9 Å². The number of cyclic esters (lactones) is 1. The van der Waals surface area contributed by atoms with E-state index in [-0.39, 0.29) is 0 Å². The molecule has 1 aliphatic heterocycles. The SMILES string of the molecule is COc1ccc2c(c1OC)C(=O)OC2Nc1sc2c(c1C(N)=O)CCC2. The second-order valence-electron chi connectivity index (χ2n) is 6.12. The lowest BCUT2D eigenvalue weighted by Crippen LogP contribution is -2.17. The van der Waals surface area contributed by atoms with Crippen molar-refractivity contribution in [3.05, 3.63) is 39.3 Å². The van der Waals surface area contributed by atoms with Gasteiger partial charge in [0.05, 0.1) is 19.8 Å². The van der Waals surface area contributed by atoms with Crippen LogP contribution >= 0.6 is 11.3 Å². The van der Waals surface area contributed by atoms with E-state index in [9.17, 15) is 9.59 Å². The molecule has 26 heavy (non-hydrogen) atoms. The molecule has 0 spiro atoms. The van der Waals surface area contributed by atoms with Crippen LogP contribution in [0.1, 0.15) is 49.4 Å². The molecule has 1 unspecified atom stereocenters. The highest BCUT2D eigenvalue weighted by atomic mass is 32.1. The van der Waals surface area contributed by atoms with Crippen LogP contribution in [-0.4, -0.2) is 26.1 Å². The van der Waals surface area contributed by atoms with Gasteiger partial charge in [-0.25, -0.2) is 4.79 Å². The van der Waals surface area contributed by atoms with Crippen LogP contribution in [0.4, 0.5) is 5.00 Å². The molecule has 2 aromatic rings. The third kappa shape index (κ3) is 2.40. The standard InChI is InChI=1S/C18H18N2O5S/c1-23-10-7-6-9-12(14(10)24-2)18(22)25-16(9)20-17-13(15(19)21)8-4-3-5-11(8)26-17/h6-7,16,20H,3-5H2,1-2H3,(H2,19,21). The third-order valence-electron chi connectivity index (χ3n) is 4.72. The van der Waals surface area contributed by atoms with Gasteiger partial charge in [-0.05, 0) is 37.0 Å². The number of thiophene rings is 1. The van der Waals surface area contributed by atoms with Crippen LogP contribution in [0.15, 0.2) is 12.1 Å². The van der Waals surface area contributed by atoms with E-state index in [1.165, 1.54) is 25.6 Å². The molecule has 1 amide bonds. The number of benzene rings is 1. The summed E-state index contributed by atoms with van der Waals surface area (Å²) in [6.45, 7) is 0.